The molecule has 0 aliphatic rings. The normalized spacial score (nSPS) is 11.7. The SMILES string of the molecule is Cc1cc2oc3c4ccccc4ncc3c2cc1F. The number of benzene rings is 2. The van der Waals surface area contributed by atoms with E-state index in [0.717, 1.165) is 27.3 Å². The molecule has 3 heteroatoms. The second-order valence-electron chi connectivity index (χ2n) is 4.72. The van der Waals surface area contributed by atoms with E-state index in [2.05, 4.69) is 4.98 Å². The molecule has 0 radical (unpaired) electrons. The van der Waals surface area contributed by atoms with Crippen molar-refractivity contribution in [1.29, 1.82) is 0 Å². The van der Waals surface area contributed by atoms with Crippen LogP contribution in [0.5, 0.6) is 0 Å². The van der Waals surface area contributed by atoms with Gasteiger partial charge < -0.3 is 4.42 Å². The Hall–Kier alpha value is -2.42. The molecule has 0 fully saturated rings. The average Bonchev–Trinajstić information content (AvgIpc) is 2.77. The maximum atomic E-state index is 13.7. The van der Waals surface area contributed by atoms with Crippen LogP contribution in [0.15, 0.2) is 47.0 Å². The third kappa shape index (κ3) is 1.38. The summed E-state index contributed by atoms with van der Waals surface area (Å²) in [6.07, 6.45) is 1.75. The first-order valence-electron chi connectivity index (χ1n) is 6.10. The molecule has 0 saturated heterocycles. The number of hydrogen-bond acceptors (Lipinski definition) is 2. The van der Waals surface area contributed by atoms with Crippen molar-refractivity contribution in [2.24, 2.45) is 0 Å². The fourth-order valence-electron chi connectivity index (χ4n) is 2.48. The molecule has 0 spiro atoms. The highest BCUT2D eigenvalue weighted by molar-refractivity contribution is 6.13. The second-order valence-corrected chi connectivity index (χ2v) is 4.72. The van der Waals surface area contributed by atoms with Crippen molar-refractivity contribution < 1.29 is 8.81 Å². The zero-order chi connectivity index (χ0) is 13.0. The number of fused-ring (bicyclic) bond motifs is 5. The fraction of sp³-hybridized carbons (Fsp3) is 0.0625. The van der Waals surface area contributed by atoms with Crippen LogP contribution in [0, 0.1) is 12.7 Å². The maximum absolute atomic E-state index is 13.7. The first-order valence-corrected chi connectivity index (χ1v) is 6.10. The van der Waals surface area contributed by atoms with Gasteiger partial charge in [0.1, 0.15) is 17.0 Å². The Morgan fingerprint density at radius 2 is 1.89 bits per heavy atom. The van der Waals surface area contributed by atoms with E-state index in [1.807, 2.05) is 24.3 Å². The van der Waals surface area contributed by atoms with Crippen LogP contribution in [0.2, 0.25) is 0 Å². The molecule has 2 aromatic heterocycles. The third-order valence-electron chi connectivity index (χ3n) is 3.49. The van der Waals surface area contributed by atoms with Crippen LogP contribution in [0.3, 0.4) is 0 Å². The lowest BCUT2D eigenvalue weighted by Crippen LogP contribution is -1.80. The Kier molecular flexibility index (Phi) is 1.96. The zero-order valence-corrected chi connectivity index (χ0v) is 10.3. The van der Waals surface area contributed by atoms with Crippen molar-refractivity contribution in [3.8, 4) is 0 Å². The number of halogens is 1. The molecule has 0 aliphatic heterocycles. The molecule has 0 bridgehead atoms. The van der Waals surface area contributed by atoms with Gasteiger partial charge in [-0.05, 0) is 36.8 Å². The smallest absolute Gasteiger partial charge is 0.146 e. The summed E-state index contributed by atoms with van der Waals surface area (Å²) in [6.45, 7) is 1.73. The van der Waals surface area contributed by atoms with Gasteiger partial charge in [0.25, 0.3) is 0 Å². The largest absolute Gasteiger partial charge is 0.455 e. The van der Waals surface area contributed by atoms with Gasteiger partial charge in [0.05, 0.1) is 5.52 Å². The molecule has 2 nitrogen and oxygen atoms in total. The van der Waals surface area contributed by atoms with Crippen molar-refractivity contribution in [2.75, 3.05) is 0 Å². The highest BCUT2D eigenvalue weighted by Crippen LogP contribution is 2.33. The van der Waals surface area contributed by atoms with Crippen LogP contribution in [0.25, 0.3) is 32.8 Å². The molecule has 0 amide bonds. The van der Waals surface area contributed by atoms with Gasteiger partial charge in [-0.3, -0.25) is 4.98 Å². The third-order valence-corrected chi connectivity index (χ3v) is 3.49. The summed E-state index contributed by atoms with van der Waals surface area (Å²) in [5, 5.41) is 2.58. The molecule has 2 heterocycles. The topological polar surface area (TPSA) is 26.0 Å². The molecule has 2 aromatic carbocycles. The van der Waals surface area contributed by atoms with E-state index in [0.29, 0.717) is 11.1 Å². The minimum Gasteiger partial charge on any atom is -0.455 e. The Bertz CT molecular complexity index is 940. The quantitative estimate of drug-likeness (QED) is 0.457. The van der Waals surface area contributed by atoms with Crippen LogP contribution in [0.1, 0.15) is 5.56 Å². The van der Waals surface area contributed by atoms with Crippen molar-refractivity contribution in [3.05, 3.63) is 54.0 Å². The van der Waals surface area contributed by atoms with Crippen LogP contribution in [-0.4, -0.2) is 4.98 Å². The Labute approximate surface area is 108 Å². The zero-order valence-electron chi connectivity index (χ0n) is 10.3. The van der Waals surface area contributed by atoms with Gasteiger partial charge in [0.15, 0.2) is 0 Å². The van der Waals surface area contributed by atoms with Crippen LogP contribution in [-0.2, 0) is 0 Å². The van der Waals surface area contributed by atoms with E-state index in [4.69, 9.17) is 4.42 Å². The Morgan fingerprint density at radius 1 is 1.05 bits per heavy atom. The number of para-hydroxylation sites is 1. The number of hydrogen-bond donors (Lipinski definition) is 0. The van der Waals surface area contributed by atoms with Gasteiger partial charge in [-0.1, -0.05) is 12.1 Å². The molecular formula is C16H10FNO. The number of furan rings is 1. The minimum absolute atomic E-state index is 0.219. The summed E-state index contributed by atoms with van der Waals surface area (Å²) >= 11 is 0. The molecular weight excluding hydrogens is 241 g/mol. The van der Waals surface area contributed by atoms with E-state index >= 15 is 0 Å². The number of aromatic nitrogens is 1. The van der Waals surface area contributed by atoms with Crippen molar-refractivity contribution in [1.82, 2.24) is 4.98 Å². The molecule has 0 aliphatic carbocycles. The van der Waals surface area contributed by atoms with Crippen LogP contribution in [0.4, 0.5) is 4.39 Å². The maximum Gasteiger partial charge on any atom is 0.146 e. The lowest BCUT2D eigenvalue weighted by atomic mass is 10.1. The lowest BCUT2D eigenvalue weighted by Gasteiger charge is -1.96. The minimum atomic E-state index is -0.219. The Balaban J connectivity index is 2.27. The standard InChI is InChI=1S/C16H10FNO/c1-9-6-15-11(7-13(9)17)12-8-18-14-5-3-2-4-10(14)16(12)19-15/h2-8H,1H3. The summed E-state index contributed by atoms with van der Waals surface area (Å²) in [4.78, 5) is 4.40. The summed E-state index contributed by atoms with van der Waals surface area (Å²) in [5.74, 6) is -0.219. The Morgan fingerprint density at radius 3 is 2.79 bits per heavy atom. The first kappa shape index (κ1) is 10.5. The van der Waals surface area contributed by atoms with Crippen molar-refractivity contribution in [3.63, 3.8) is 0 Å². The molecule has 0 saturated carbocycles. The van der Waals surface area contributed by atoms with Gasteiger partial charge in [-0.15, -0.1) is 0 Å². The van der Waals surface area contributed by atoms with Crippen molar-refractivity contribution in [2.45, 2.75) is 6.92 Å². The number of aryl methyl sites for hydroxylation is 1. The first-order chi connectivity index (χ1) is 9.24. The molecule has 4 aromatic rings. The fourth-order valence-corrected chi connectivity index (χ4v) is 2.48. The second kappa shape index (κ2) is 3.54. The monoisotopic (exact) mass is 251 g/mol. The van der Waals surface area contributed by atoms with Crippen LogP contribution >= 0.6 is 0 Å². The number of rotatable bonds is 0. The predicted octanol–water partition coefficient (Wildman–Crippen LogP) is 4.58. The van der Waals surface area contributed by atoms with E-state index in [1.165, 1.54) is 6.07 Å². The highest BCUT2D eigenvalue weighted by Gasteiger charge is 2.12. The van der Waals surface area contributed by atoms with Gasteiger partial charge in [-0.25, -0.2) is 4.39 Å². The number of nitrogens with zero attached hydrogens (tertiary/aromatic N) is 1. The molecule has 92 valence electrons. The van der Waals surface area contributed by atoms with Gasteiger partial charge in [0.2, 0.25) is 0 Å². The van der Waals surface area contributed by atoms with E-state index in [1.54, 1.807) is 19.2 Å². The molecule has 4 rings (SSSR count). The predicted molar refractivity (Wildman–Crippen MR) is 73.7 cm³/mol. The van der Waals surface area contributed by atoms with Gasteiger partial charge >= 0.3 is 0 Å². The lowest BCUT2D eigenvalue weighted by molar-refractivity contribution is 0.617. The summed E-state index contributed by atoms with van der Waals surface area (Å²) in [5.41, 5.74) is 2.94. The van der Waals surface area contributed by atoms with Crippen LogP contribution < -0.4 is 0 Å². The molecule has 0 N–H and O–H groups in total. The van der Waals surface area contributed by atoms with E-state index < -0.39 is 0 Å². The number of pyridine rings is 1. The highest BCUT2D eigenvalue weighted by atomic mass is 19.1. The molecule has 19 heavy (non-hydrogen) atoms. The molecule has 0 unspecified atom stereocenters. The molecule has 0 atom stereocenters. The summed E-state index contributed by atoms with van der Waals surface area (Å²) in [6, 6.07) is 11.0. The summed E-state index contributed by atoms with van der Waals surface area (Å²) < 4.78 is 19.6. The summed E-state index contributed by atoms with van der Waals surface area (Å²) in [7, 11) is 0. The van der Waals surface area contributed by atoms with Crippen molar-refractivity contribution >= 4 is 32.8 Å². The average molecular weight is 251 g/mol. The van der Waals surface area contributed by atoms with Gasteiger partial charge in [-0.2, -0.15) is 0 Å². The van der Waals surface area contributed by atoms with E-state index in [-0.39, 0.29) is 5.82 Å². The van der Waals surface area contributed by atoms with Gasteiger partial charge in [0, 0.05) is 22.4 Å². The van der Waals surface area contributed by atoms with E-state index in [9.17, 15) is 4.39 Å².